The molecule has 0 atom stereocenters. The quantitative estimate of drug-likeness (QED) is 0.496. The van der Waals surface area contributed by atoms with Gasteiger partial charge in [-0.1, -0.05) is 23.7 Å². The van der Waals surface area contributed by atoms with Crippen molar-refractivity contribution in [3.63, 3.8) is 0 Å². The first kappa shape index (κ1) is 8.82. The van der Waals surface area contributed by atoms with Crippen molar-refractivity contribution in [2.75, 3.05) is 0 Å². The highest BCUT2D eigenvalue weighted by atomic mass is 14.4. The van der Waals surface area contributed by atoms with Gasteiger partial charge in [0.15, 0.2) is 0 Å². The van der Waals surface area contributed by atoms with Crippen LogP contribution in [0.1, 0.15) is 25.7 Å². The summed E-state index contributed by atoms with van der Waals surface area (Å²) in [6, 6.07) is 0. The van der Waals surface area contributed by atoms with Crippen LogP contribution in [0.15, 0.2) is 0 Å². The lowest BCUT2D eigenvalue weighted by Gasteiger charge is -1.90. The van der Waals surface area contributed by atoms with Crippen LogP contribution < -0.4 is 0 Å². The minimum absolute atomic E-state index is 0.151. The summed E-state index contributed by atoms with van der Waals surface area (Å²) in [5.41, 5.74) is -0.303. The molecule has 0 radical (unpaired) electrons. The minimum atomic E-state index is -0.151. The molecule has 0 heterocycles. The molecule has 0 amide bonds. The van der Waals surface area contributed by atoms with Crippen molar-refractivity contribution in [3.05, 3.63) is 0 Å². The number of rotatable bonds is 0. The van der Waals surface area contributed by atoms with Gasteiger partial charge in [-0.2, -0.15) is 0 Å². The van der Waals surface area contributed by atoms with Crippen LogP contribution in [0.4, 0.5) is 0 Å². The van der Waals surface area contributed by atoms with Gasteiger partial charge in [0.1, 0.15) is 0 Å². The molecular weight excluding hydrogens is 168 g/mol. The predicted molar refractivity (Wildman–Crippen MR) is 56.6 cm³/mol. The van der Waals surface area contributed by atoms with E-state index in [4.69, 9.17) is 12.8 Å². The number of hydrogen-bond donors (Lipinski definition) is 0. The van der Waals surface area contributed by atoms with Crippen LogP contribution in [0.5, 0.6) is 0 Å². The van der Waals surface area contributed by atoms with Gasteiger partial charge >= 0.3 is 0 Å². The van der Waals surface area contributed by atoms with Crippen LogP contribution in [0.2, 0.25) is 0 Å². The predicted octanol–water partition coefficient (Wildman–Crippen LogP) is 1.82. The van der Waals surface area contributed by atoms with E-state index in [1.54, 1.807) is 0 Å². The molecule has 14 heavy (non-hydrogen) atoms. The fraction of sp³-hybridized carbons (Fsp3) is 0.429. The molecule has 0 heteroatoms. The molecule has 0 unspecified atom stereocenters. The average molecular weight is 178 g/mol. The maximum atomic E-state index is 5.34. The van der Waals surface area contributed by atoms with E-state index in [9.17, 15) is 0 Å². The van der Waals surface area contributed by atoms with Gasteiger partial charge in [0, 0.05) is 0 Å². The van der Waals surface area contributed by atoms with Crippen LogP contribution in [-0.4, -0.2) is 0 Å². The zero-order valence-electron chi connectivity index (χ0n) is 7.98. The smallest absolute Gasteiger partial charge is 0.0928 e. The van der Waals surface area contributed by atoms with E-state index in [2.05, 4.69) is 35.5 Å². The summed E-state index contributed by atoms with van der Waals surface area (Å²) in [5, 5.41) is 0. The van der Waals surface area contributed by atoms with Crippen LogP contribution in [0, 0.1) is 59.2 Å². The van der Waals surface area contributed by atoms with Crippen molar-refractivity contribution in [2.24, 2.45) is 10.8 Å². The summed E-state index contributed by atoms with van der Waals surface area (Å²) in [6.07, 6.45) is 14.7. The van der Waals surface area contributed by atoms with E-state index in [0.29, 0.717) is 0 Å². The lowest BCUT2D eigenvalue weighted by atomic mass is 10.1. The van der Waals surface area contributed by atoms with E-state index in [0.717, 1.165) is 25.7 Å². The molecule has 0 aromatic carbocycles. The fourth-order valence-corrected chi connectivity index (χ4v) is 1.16. The van der Waals surface area contributed by atoms with E-state index in [1.807, 2.05) is 0 Å². The average Bonchev–Trinajstić information content (AvgIpc) is 3.11. The molecular formula is C14H10. The fourth-order valence-electron chi connectivity index (χ4n) is 1.16. The van der Waals surface area contributed by atoms with Crippen molar-refractivity contribution >= 4 is 0 Å². The third-order valence-electron chi connectivity index (χ3n) is 2.72. The lowest BCUT2D eigenvalue weighted by Crippen LogP contribution is -1.89. The second-order valence-electron chi connectivity index (χ2n) is 3.95. The highest BCUT2D eigenvalue weighted by molar-refractivity contribution is 5.41. The summed E-state index contributed by atoms with van der Waals surface area (Å²) >= 11 is 0. The molecule has 0 bridgehead atoms. The molecule has 0 nitrogen and oxygen atoms in total. The van der Waals surface area contributed by atoms with E-state index >= 15 is 0 Å². The van der Waals surface area contributed by atoms with Crippen molar-refractivity contribution in [1.29, 1.82) is 0 Å². The Labute approximate surface area is 85.5 Å². The van der Waals surface area contributed by atoms with Crippen molar-refractivity contribution in [2.45, 2.75) is 25.7 Å². The first-order valence-corrected chi connectivity index (χ1v) is 4.74. The second kappa shape index (κ2) is 2.88. The third kappa shape index (κ3) is 1.62. The molecule has 2 aliphatic rings. The Hall–Kier alpha value is -1.76. The molecule has 0 N–H and O–H groups in total. The number of hydrogen-bond acceptors (Lipinski definition) is 0. The van der Waals surface area contributed by atoms with Crippen LogP contribution in [0.25, 0.3) is 0 Å². The normalized spacial score (nSPS) is 22.4. The minimum Gasteiger partial charge on any atom is -0.118 e. The van der Waals surface area contributed by atoms with Gasteiger partial charge in [-0.15, -0.1) is 12.8 Å². The van der Waals surface area contributed by atoms with Gasteiger partial charge in [0.25, 0.3) is 0 Å². The molecule has 0 saturated heterocycles. The largest absolute Gasteiger partial charge is 0.118 e. The summed E-state index contributed by atoms with van der Waals surface area (Å²) in [4.78, 5) is 0. The molecule has 0 aliphatic heterocycles. The summed E-state index contributed by atoms with van der Waals surface area (Å²) in [6.45, 7) is 0. The molecule has 2 aliphatic carbocycles. The molecule has 0 aromatic rings. The SMILES string of the molecule is C#CC1(C#CC#CC2(C#C)CC2)CC1. The van der Waals surface area contributed by atoms with Crippen LogP contribution >= 0.6 is 0 Å². The van der Waals surface area contributed by atoms with Gasteiger partial charge in [0.05, 0.1) is 10.8 Å². The standard InChI is InChI=1S/C14H10/c1-3-13(9-10-13)7-5-6-8-14(4-2)11-12-14/h1-2H,9-12H2. The van der Waals surface area contributed by atoms with Crippen molar-refractivity contribution in [1.82, 2.24) is 0 Å². The van der Waals surface area contributed by atoms with E-state index < -0.39 is 0 Å². The maximum absolute atomic E-state index is 5.34. The van der Waals surface area contributed by atoms with Crippen LogP contribution in [-0.2, 0) is 0 Å². The molecule has 0 spiro atoms. The van der Waals surface area contributed by atoms with Gasteiger partial charge in [-0.05, 0) is 37.5 Å². The van der Waals surface area contributed by atoms with E-state index in [1.165, 1.54) is 0 Å². The highest BCUT2D eigenvalue weighted by Gasteiger charge is 2.40. The van der Waals surface area contributed by atoms with Gasteiger partial charge in [-0.3, -0.25) is 0 Å². The lowest BCUT2D eigenvalue weighted by molar-refractivity contribution is 0.941. The second-order valence-corrected chi connectivity index (χ2v) is 3.95. The Bertz CT molecular complexity index is 403. The molecule has 2 fully saturated rings. The maximum Gasteiger partial charge on any atom is 0.0928 e. The zero-order valence-corrected chi connectivity index (χ0v) is 7.98. The topological polar surface area (TPSA) is 0 Å². The molecule has 2 rings (SSSR count). The van der Waals surface area contributed by atoms with E-state index in [-0.39, 0.29) is 10.8 Å². The Morgan fingerprint density at radius 3 is 1.29 bits per heavy atom. The summed E-state index contributed by atoms with van der Waals surface area (Å²) in [5.74, 6) is 17.1. The van der Waals surface area contributed by atoms with Crippen LogP contribution in [0.3, 0.4) is 0 Å². The first-order chi connectivity index (χ1) is 6.74. The summed E-state index contributed by atoms with van der Waals surface area (Å²) < 4.78 is 0. The molecule has 2 saturated carbocycles. The third-order valence-corrected chi connectivity index (χ3v) is 2.72. The summed E-state index contributed by atoms with van der Waals surface area (Å²) in [7, 11) is 0. The van der Waals surface area contributed by atoms with Crippen molar-refractivity contribution < 1.29 is 0 Å². The van der Waals surface area contributed by atoms with Gasteiger partial charge in [-0.25, -0.2) is 0 Å². The monoisotopic (exact) mass is 178 g/mol. The zero-order chi connectivity index (χ0) is 10.1. The molecule has 0 aromatic heterocycles. The first-order valence-electron chi connectivity index (χ1n) is 4.74. The Balaban J connectivity index is 2.01. The highest BCUT2D eigenvalue weighted by Crippen LogP contribution is 2.44. The van der Waals surface area contributed by atoms with Gasteiger partial charge < -0.3 is 0 Å². The molecule has 66 valence electrons. The Kier molecular flexibility index (Phi) is 1.81. The Morgan fingerprint density at radius 2 is 1.07 bits per heavy atom. The van der Waals surface area contributed by atoms with Crippen molar-refractivity contribution in [3.8, 4) is 48.4 Å². The Morgan fingerprint density at radius 1 is 0.714 bits per heavy atom. The number of terminal acetylenes is 2. The van der Waals surface area contributed by atoms with Gasteiger partial charge in [0.2, 0.25) is 0 Å².